The van der Waals surface area contributed by atoms with Crippen LogP contribution in [-0.2, 0) is 16.6 Å². The fourth-order valence-electron chi connectivity index (χ4n) is 4.59. The van der Waals surface area contributed by atoms with Crippen molar-refractivity contribution in [3.05, 3.63) is 82.8 Å². The Balaban J connectivity index is 1.57. The summed E-state index contributed by atoms with van der Waals surface area (Å²) in [6.07, 6.45) is 4.45. The lowest BCUT2D eigenvalue weighted by atomic mass is 9.89. The molecule has 0 spiro atoms. The third-order valence-corrected chi connectivity index (χ3v) is 7.85. The molecular weight excluding hydrogens is 545 g/mol. The lowest BCUT2D eigenvalue weighted by Crippen LogP contribution is -2.39. The van der Waals surface area contributed by atoms with E-state index in [0.717, 1.165) is 11.3 Å². The summed E-state index contributed by atoms with van der Waals surface area (Å²) >= 11 is 5.98. The van der Waals surface area contributed by atoms with E-state index in [4.69, 9.17) is 21.3 Å². The van der Waals surface area contributed by atoms with Crippen molar-refractivity contribution < 1.29 is 17.5 Å². The Morgan fingerprint density at radius 3 is 2.59 bits per heavy atom. The van der Waals surface area contributed by atoms with Crippen LogP contribution in [-0.4, -0.2) is 58.7 Å². The summed E-state index contributed by atoms with van der Waals surface area (Å²) in [7, 11) is -1.94. The first-order chi connectivity index (χ1) is 18.7. The second kappa shape index (κ2) is 10.8. The minimum Gasteiger partial charge on any atom is -0.494 e. The number of ether oxygens (including phenoxy) is 1. The van der Waals surface area contributed by atoms with Crippen LogP contribution in [0.4, 0.5) is 21.8 Å². The maximum absolute atomic E-state index is 13.7. The molecule has 1 atom stereocenters. The van der Waals surface area contributed by atoms with Crippen LogP contribution in [0.15, 0.2) is 55.0 Å². The molecule has 5 rings (SSSR count). The molecule has 0 aliphatic carbocycles. The number of halogens is 2. The fraction of sp³-hybridized carbons (Fsp3) is 0.269. The van der Waals surface area contributed by atoms with E-state index in [-0.39, 0.29) is 18.9 Å². The van der Waals surface area contributed by atoms with Gasteiger partial charge in [-0.05, 0) is 36.8 Å². The van der Waals surface area contributed by atoms with Crippen LogP contribution in [0.3, 0.4) is 0 Å². The van der Waals surface area contributed by atoms with Crippen molar-refractivity contribution in [1.29, 1.82) is 0 Å². The molecule has 0 amide bonds. The van der Waals surface area contributed by atoms with Crippen molar-refractivity contribution in [2.75, 3.05) is 37.1 Å². The summed E-state index contributed by atoms with van der Waals surface area (Å²) in [6.45, 7) is 2.81. The van der Waals surface area contributed by atoms with Gasteiger partial charge in [-0.1, -0.05) is 23.7 Å². The van der Waals surface area contributed by atoms with E-state index in [0.29, 0.717) is 46.2 Å². The van der Waals surface area contributed by atoms with Gasteiger partial charge in [-0.3, -0.25) is 0 Å². The van der Waals surface area contributed by atoms with E-state index in [1.165, 1.54) is 22.7 Å². The first kappa shape index (κ1) is 26.9. The Hall–Kier alpha value is -3.74. The topological polar surface area (TPSA) is 114 Å². The van der Waals surface area contributed by atoms with Crippen LogP contribution < -0.4 is 15.4 Å². The minimum atomic E-state index is -3.51. The molecule has 1 aliphatic heterocycles. The lowest BCUT2D eigenvalue weighted by molar-refractivity contribution is 0.370. The second-order valence-electron chi connectivity index (χ2n) is 9.06. The number of aromatic nitrogens is 4. The van der Waals surface area contributed by atoms with Crippen LogP contribution in [0.25, 0.3) is 5.69 Å². The molecule has 204 valence electrons. The van der Waals surface area contributed by atoms with Gasteiger partial charge in [0.15, 0.2) is 0 Å². The van der Waals surface area contributed by atoms with Crippen molar-refractivity contribution in [2.45, 2.75) is 19.4 Å². The number of fused-ring (bicyclic) bond motifs is 1. The average molecular weight is 572 g/mol. The Kier molecular flexibility index (Phi) is 7.43. The van der Waals surface area contributed by atoms with Gasteiger partial charge < -0.3 is 19.9 Å². The van der Waals surface area contributed by atoms with Crippen molar-refractivity contribution in [2.24, 2.45) is 0 Å². The van der Waals surface area contributed by atoms with E-state index in [1.54, 1.807) is 36.3 Å². The molecular formula is C26H27ClFN7O3S. The molecule has 3 heterocycles. The zero-order valence-electron chi connectivity index (χ0n) is 21.5. The Bertz CT molecular complexity index is 1610. The molecule has 0 radical (unpaired) electrons. The second-order valence-corrected chi connectivity index (χ2v) is 11.4. The molecule has 4 aromatic rings. The molecule has 10 nitrogen and oxygen atoms in total. The summed E-state index contributed by atoms with van der Waals surface area (Å²) in [5, 5.41) is 6.86. The molecule has 1 unspecified atom stereocenters. The van der Waals surface area contributed by atoms with E-state index in [9.17, 15) is 12.8 Å². The van der Waals surface area contributed by atoms with E-state index >= 15 is 0 Å². The van der Waals surface area contributed by atoms with Gasteiger partial charge in [-0.15, -0.1) is 0 Å². The van der Waals surface area contributed by atoms with Gasteiger partial charge in [0.2, 0.25) is 16.0 Å². The van der Waals surface area contributed by atoms with Gasteiger partial charge in [-0.2, -0.15) is 9.29 Å². The molecule has 1 aliphatic rings. The van der Waals surface area contributed by atoms with E-state index < -0.39 is 15.9 Å². The standard InChI is InChI=1S/C26H27ClFN7O3S/c1-4-29-25-20-13-35(39(3,36)37)12-19(16-5-7-17(28)8-6-16)24(20)32-26(33-25)31-18-9-10-21(22(11-18)38-2)34-14-23(27)30-15-34/h5-11,14-15,19H,4,12-13H2,1-3H3,(H2,29,31,32,33). The Morgan fingerprint density at radius 1 is 1.18 bits per heavy atom. The van der Waals surface area contributed by atoms with Gasteiger partial charge in [-0.25, -0.2) is 22.8 Å². The third-order valence-electron chi connectivity index (χ3n) is 6.44. The third kappa shape index (κ3) is 5.68. The maximum atomic E-state index is 13.7. The van der Waals surface area contributed by atoms with Crippen LogP contribution >= 0.6 is 11.6 Å². The molecule has 0 saturated carbocycles. The molecule has 2 aromatic carbocycles. The SMILES string of the molecule is CCNc1nc(Nc2ccc(-n3cnc(Cl)c3)c(OC)c2)nc2c1CN(S(C)(=O)=O)CC2c1ccc(F)cc1. The van der Waals surface area contributed by atoms with E-state index in [2.05, 4.69) is 20.6 Å². The maximum Gasteiger partial charge on any atom is 0.229 e. The number of hydrogen-bond acceptors (Lipinski definition) is 8. The molecule has 2 N–H and O–H groups in total. The molecule has 13 heteroatoms. The largest absolute Gasteiger partial charge is 0.494 e. The summed E-state index contributed by atoms with van der Waals surface area (Å²) in [5.41, 5.74) is 3.53. The van der Waals surface area contributed by atoms with Gasteiger partial charge in [0.05, 0.1) is 24.7 Å². The number of methoxy groups -OCH3 is 1. The van der Waals surface area contributed by atoms with Gasteiger partial charge >= 0.3 is 0 Å². The first-order valence-electron chi connectivity index (χ1n) is 12.2. The molecule has 0 fully saturated rings. The van der Waals surface area contributed by atoms with Crippen LogP contribution in [0.2, 0.25) is 5.15 Å². The summed E-state index contributed by atoms with van der Waals surface area (Å²) in [5.74, 6) is 0.635. The first-order valence-corrected chi connectivity index (χ1v) is 14.4. The summed E-state index contributed by atoms with van der Waals surface area (Å²) in [6, 6.07) is 11.6. The monoisotopic (exact) mass is 571 g/mol. The van der Waals surface area contributed by atoms with E-state index in [1.807, 2.05) is 25.1 Å². The zero-order valence-corrected chi connectivity index (χ0v) is 23.1. The van der Waals surface area contributed by atoms with Crippen molar-refractivity contribution >= 4 is 39.1 Å². The van der Waals surface area contributed by atoms with Crippen molar-refractivity contribution in [3.63, 3.8) is 0 Å². The Morgan fingerprint density at radius 2 is 1.95 bits per heavy atom. The molecule has 39 heavy (non-hydrogen) atoms. The quantitative estimate of drug-likeness (QED) is 0.317. The van der Waals surface area contributed by atoms with Crippen LogP contribution in [0, 0.1) is 5.82 Å². The van der Waals surface area contributed by atoms with Gasteiger partial charge in [0.1, 0.15) is 28.9 Å². The fourth-order valence-corrected chi connectivity index (χ4v) is 5.52. The lowest BCUT2D eigenvalue weighted by Gasteiger charge is -2.33. The molecule has 0 saturated heterocycles. The van der Waals surface area contributed by atoms with Gasteiger partial charge in [0, 0.05) is 49.1 Å². The predicted molar refractivity (Wildman–Crippen MR) is 148 cm³/mol. The number of nitrogens with one attached hydrogen (secondary N) is 2. The number of nitrogens with zero attached hydrogens (tertiary/aromatic N) is 5. The average Bonchev–Trinajstić information content (AvgIpc) is 3.34. The zero-order chi connectivity index (χ0) is 27.7. The minimum absolute atomic E-state index is 0.129. The number of benzene rings is 2. The highest BCUT2D eigenvalue weighted by Crippen LogP contribution is 2.37. The number of hydrogen-bond donors (Lipinski definition) is 2. The van der Waals surface area contributed by atoms with Gasteiger partial charge in [0.25, 0.3) is 0 Å². The number of anilines is 3. The normalized spacial score (nSPS) is 15.6. The Labute approximate surface area is 230 Å². The molecule has 2 aromatic heterocycles. The number of rotatable bonds is 8. The number of imidazole rings is 1. The summed E-state index contributed by atoms with van der Waals surface area (Å²) < 4.78 is 47.6. The predicted octanol–water partition coefficient (Wildman–Crippen LogP) is 4.55. The summed E-state index contributed by atoms with van der Waals surface area (Å²) in [4.78, 5) is 13.6. The highest BCUT2D eigenvalue weighted by molar-refractivity contribution is 7.88. The highest BCUT2D eigenvalue weighted by Gasteiger charge is 2.35. The number of sulfonamides is 1. The van der Waals surface area contributed by atoms with Crippen molar-refractivity contribution in [3.8, 4) is 11.4 Å². The molecule has 0 bridgehead atoms. The van der Waals surface area contributed by atoms with Crippen LogP contribution in [0.1, 0.15) is 29.7 Å². The van der Waals surface area contributed by atoms with Crippen LogP contribution in [0.5, 0.6) is 5.75 Å². The highest BCUT2D eigenvalue weighted by atomic mass is 35.5. The van der Waals surface area contributed by atoms with Crippen molar-refractivity contribution in [1.82, 2.24) is 23.8 Å². The smallest absolute Gasteiger partial charge is 0.229 e.